The van der Waals surface area contributed by atoms with Crippen molar-refractivity contribution in [3.8, 4) is 0 Å². The van der Waals surface area contributed by atoms with Gasteiger partial charge in [0.15, 0.2) is 5.96 Å². The number of halogens is 1. The van der Waals surface area contributed by atoms with E-state index in [4.69, 9.17) is 4.74 Å². The maximum atomic E-state index is 6.04. The lowest BCUT2D eigenvalue weighted by molar-refractivity contribution is -0.0835. The summed E-state index contributed by atoms with van der Waals surface area (Å²) < 4.78 is 7.91. The van der Waals surface area contributed by atoms with Crippen molar-refractivity contribution in [2.24, 2.45) is 23.4 Å². The minimum absolute atomic E-state index is 0. The maximum Gasteiger partial charge on any atom is 0.191 e. The van der Waals surface area contributed by atoms with Crippen LogP contribution >= 0.6 is 24.0 Å². The van der Waals surface area contributed by atoms with E-state index in [1.807, 2.05) is 17.8 Å². The Bertz CT molecular complexity index is 523. The van der Waals surface area contributed by atoms with Gasteiger partial charge in [-0.15, -0.1) is 24.0 Å². The number of hydrogen-bond donors (Lipinski definition) is 2. The van der Waals surface area contributed by atoms with Gasteiger partial charge in [0, 0.05) is 39.4 Å². The van der Waals surface area contributed by atoms with E-state index in [0.29, 0.717) is 18.6 Å². The van der Waals surface area contributed by atoms with Gasteiger partial charge in [0.1, 0.15) is 0 Å². The van der Waals surface area contributed by atoms with Crippen molar-refractivity contribution in [2.75, 3.05) is 20.2 Å². The Morgan fingerprint density at radius 2 is 2.17 bits per heavy atom. The van der Waals surface area contributed by atoms with E-state index in [2.05, 4.69) is 41.5 Å². The van der Waals surface area contributed by atoms with Crippen LogP contribution in [0.25, 0.3) is 0 Å². The molecule has 0 aliphatic carbocycles. The van der Waals surface area contributed by atoms with Crippen molar-refractivity contribution in [1.29, 1.82) is 0 Å². The van der Waals surface area contributed by atoms with Crippen molar-refractivity contribution in [1.82, 2.24) is 20.4 Å². The van der Waals surface area contributed by atoms with Gasteiger partial charge in [0.05, 0.1) is 18.3 Å². The summed E-state index contributed by atoms with van der Waals surface area (Å²) in [6, 6.07) is 2.00. The van der Waals surface area contributed by atoms with E-state index in [-0.39, 0.29) is 29.4 Å². The molecule has 0 radical (unpaired) electrons. The molecular formula is C17H32IN5O. The Hall–Kier alpha value is -0.830. The van der Waals surface area contributed by atoms with Gasteiger partial charge in [-0.3, -0.25) is 9.67 Å². The molecule has 1 saturated heterocycles. The Balaban J connectivity index is 0.00000288. The standard InChI is InChI=1S/C17H31N5O.HI/c1-17(2,3)15-13(7-6-10-23-15)11-19-16(18-4)20-12-14-8-9-21-22(14)5;/h8-9,13,15H,6-7,10-12H2,1-5H3,(H2,18,19,20);1H. The van der Waals surface area contributed by atoms with Crippen LogP contribution in [0.2, 0.25) is 0 Å². The maximum absolute atomic E-state index is 6.04. The highest BCUT2D eigenvalue weighted by Gasteiger charge is 2.35. The number of hydrogen-bond acceptors (Lipinski definition) is 3. The summed E-state index contributed by atoms with van der Waals surface area (Å²) in [5, 5.41) is 11.0. The van der Waals surface area contributed by atoms with E-state index < -0.39 is 0 Å². The SMILES string of the molecule is CN=C(NCc1ccnn1C)NCC1CCCOC1C(C)(C)C.I. The molecule has 0 saturated carbocycles. The molecule has 0 bridgehead atoms. The van der Waals surface area contributed by atoms with Crippen molar-refractivity contribution in [3.63, 3.8) is 0 Å². The zero-order chi connectivity index (χ0) is 16.9. The van der Waals surface area contributed by atoms with Gasteiger partial charge in [0.25, 0.3) is 0 Å². The Kier molecular flexibility index (Phi) is 8.49. The van der Waals surface area contributed by atoms with Crippen LogP contribution in [0.5, 0.6) is 0 Å². The summed E-state index contributed by atoms with van der Waals surface area (Å²) in [6.45, 7) is 9.24. The van der Waals surface area contributed by atoms with E-state index >= 15 is 0 Å². The largest absolute Gasteiger partial charge is 0.377 e. The fourth-order valence-corrected chi connectivity index (χ4v) is 3.21. The Labute approximate surface area is 162 Å². The molecule has 6 nitrogen and oxygen atoms in total. The Morgan fingerprint density at radius 1 is 1.42 bits per heavy atom. The third-order valence-corrected chi connectivity index (χ3v) is 4.41. The average Bonchev–Trinajstić information content (AvgIpc) is 2.92. The van der Waals surface area contributed by atoms with Gasteiger partial charge in [-0.05, 0) is 24.3 Å². The van der Waals surface area contributed by atoms with Gasteiger partial charge in [-0.2, -0.15) is 5.10 Å². The number of nitrogens with one attached hydrogen (secondary N) is 2. The monoisotopic (exact) mass is 449 g/mol. The summed E-state index contributed by atoms with van der Waals surface area (Å²) in [7, 11) is 3.75. The molecule has 2 heterocycles. The number of nitrogens with zero attached hydrogens (tertiary/aromatic N) is 3. The van der Waals surface area contributed by atoms with Crippen LogP contribution in [-0.2, 0) is 18.3 Å². The second kappa shape index (κ2) is 9.60. The third kappa shape index (κ3) is 5.91. The van der Waals surface area contributed by atoms with E-state index in [0.717, 1.165) is 31.2 Å². The molecule has 0 spiro atoms. The number of aryl methyl sites for hydroxylation is 1. The first-order chi connectivity index (χ1) is 10.9. The van der Waals surface area contributed by atoms with Gasteiger partial charge in [0.2, 0.25) is 0 Å². The molecule has 2 unspecified atom stereocenters. The molecule has 2 atom stereocenters. The quantitative estimate of drug-likeness (QED) is 0.422. The molecule has 2 N–H and O–H groups in total. The van der Waals surface area contributed by atoms with Crippen molar-refractivity contribution in [2.45, 2.75) is 46.3 Å². The molecule has 2 rings (SSSR count). The van der Waals surface area contributed by atoms with E-state index in [1.165, 1.54) is 6.42 Å². The molecule has 1 aromatic rings. The molecule has 7 heteroatoms. The van der Waals surface area contributed by atoms with Crippen molar-refractivity contribution in [3.05, 3.63) is 18.0 Å². The first-order valence-electron chi connectivity index (χ1n) is 8.45. The van der Waals surface area contributed by atoms with Gasteiger partial charge >= 0.3 is 0 Å². The lowest BCUT2D eigenvalue weighted by Gasteiger charge is -2.40. The molecule has 0 aromatic carbocycles. The highest BCUT2D eigenvalue weighted by Crippen LogP contribution is 2.33. The van der Waals surface area contributed by atoms with Gasteiger partial charge in [-0.25, -0.2) is 0 Å². The number of ether oxygens (including phenoxy) is 1. The normalized spacial score (nSPS) is 22.0. The lowest BCUT2D eigenvalue weighted by atomic mass is 9.78. The van der Waals surface area contributed by atoms with Gasteiger partial charge < -0.3 is 15.4 Å². The minimum atomic E-state index is 0. The molecule has 24 heavy (non-hydrogen) atoms. The van der Waals surface area contributed by atoms with Crippen LogP contribution in [0.3, 0.4) is 0 Å². The topological polar surface area (TPSA) is 63.5 Å². The number of aromatic nitrogens is 2. The lowest BCUT2D eigenvalue weighted by Crippen LogP contribution is -2.47. The summed E-state index contributed by atoms with van der Waals surface area (Å²) in [6.07, 6.45) is 4.44. The van der Waals surface area contributed by atoms with Crippen molar-refractivity contribution >= 4 is 29.9 Å². The first-order valence-corrected chi connectivity index (χ1v) is 8.45. The van der Waals surface area contributed by atoms with Crippen LogP contribution < -0.4 is 10.6 Å². The van der Waals surface area contributed by atoms with Crippen LogP contribution in [0, 0.1) is 11.3 Å². The zero-order valence-corrected chi connectivity index (χ0v) is 17.8. The molecule has 1 aromatic heterocycles. The predicted octanol–water partition coefficient (Wildman–Crippen LogP) is 2.54. The number of rotatable bonds is 4. The summed E-state index contributed by atoms with van der Waals surface area (Å²) >= 11 is 0. The van der Waals surface area contributed by atoms with E-state index in [1.54, 1.807) is 13.2 Å². The Morgan fingerprint density at radius 3 is 2.75 bits per heavy atom. The molecule has 1 fully saturated rings. The summed E-state index contributed by atoms with van der Waals surface area (Å²) in [5.74, 6) is 1.34. The molecule has 138 valence electrons. The minimum Gasteiger partial charge on any atom is -0.377 e. The molecule has 0 amide bonds. The van der Waals surface area contributed by atoms with Crippen LogP contribution in [0.15, 0.2) is 17.3 Å². The van der Waals surface area contributed by atoms with Crippen LogP contribution in [0.4, 0.5) is 0 Å². The molecular weight excluding hydrogens is 417 g/mol. The second-order valence-corrected chi connectivity index (χ2v) is 7.31. The summed E-state index contributed by atoms with van der Waals surface area (Å²) in [4.78, 5) is 4.31. The first kappa shape index (κ1) is 21.2. The highest BCUT2D eigenvalue weighted by atomic mass is 127. The number of guanidine groups is 1. The van der Waals surface area contributed by atoms with Crippen molar-refractivity contribution < 1.29 is 4.74 Å². The van der Waals surface area contributed by atoms with Crippen LogP contribution in [-0.4, -0.2) is 42.0 Å². The van der Waals surface area contributed by atoms with E-state index in [9.17, 15) is 0 Å². The predicted molar refractivity (Wildman–Crippen MR) is 109 cm³/mol. The average molecular weight is 449 g/mol. The number of aliphatic imine (C=N–C) groups is 1. The van der Waals surface area contributed by atoms with Crippen LogP contribution in [0.1, 0.15) is 39.3 Å². The fourth-order valence-electron chi connectivity index (χ4n) is 3.21. The summed E-state index contributed by atoms with van der Waals surface area (Å²) in [5.41, 5.74) is 1.29. The smallest absolute Gasteiger partial charge is 0.191 e. The third-order valence-electron chi connectivity index (χ3n) is 4.41. The second-order valence-electron chi connectivity index (χ2n) is 7.31. The van der Waals surface area contributed by atoms with Gasteiger partial charge in [-0.1, -0.05) is 20.8 Å². The molecule has 1 aliphatic rings. The zero-order valence-electron chi connectivity index (χ0n) is 15.5. The molecule has 1 aliphatic heterocycles. The fraction of sp³-hybridized carbons (Fsp3) is 0.765. The highest BCUT2D eigenvalue weighted by molar-refractivity contribution is 14.0.